The van der Waals surface area contributed by atoms with Crippen molar-refractivity contribution in [1.82, 2.24) is 15.0 Å². The van der Waals surface area contributed by atoms with Crippen molar-refractivity contribution in [3.63, 3.8) is 0 Å². The van der Waals surface area contributed by atoms with Crippen LogP contribution in [0.3, 0.4) is 0 Å². The zero-order valence-electron chi connectivity index (χ0n) is 11.0. The molecule has 0 radical (unpaired) electrons. The number of aromatic nitrogens is 3. The van der Waals surface area contributed by atoms with E-state index in [4.69, 9.17) is 9.84 Å². The number of aromatic carboxylic acids is 1. The van der Waals surface area contributed by atoms with Gasteiger partial charge in [0.25, 0.3) is 0 Å². The predicted molar refractivity (Wildman–Crippen MR) is 70.7 cm³/mol. The second-order valence-electron chi connectivity index (χ2n) is 4.12. The van der Waals surface area contributed by atoms with Crippen LogP contribution in [0.25, 0.3) is 11.3 Å². The fourth-order valence-electron chi connectivity index (χ4n) is 1.87. The third-order valence-corrected chi connectivity index (χ3v) is 2.83. The van der Waals surface area contributed by atoms with Gasteiger partial charge in [0.1, 0.15) is 11.4 Å². The van der Waals surface area contributed by atoms with Crippen LogP contribution < -0.4 is 4.74 Å². The van der Waals surface area contributed by atoms with Crippen LogP contribution in [-0.4, -0.2) is 44.9 Å². The van der Waals surface area contributed by atoms with Gasteiger partial charge in [-0.15, -0.1) is 5.10 Å². The number of methoxy groups -OCH3 is 1. The lowest BCUT2D eigenvalue weighted by Crippen LogP contribution is -2.06. The first-order valence-electron chi connectivity index (χ1n) is 6.09. The van der Waals surface area contributed by atoms with Crippen molar-refractivity contribution in [1.29, 1.82) is 0 Å². The number of carboxylic acids is 1. The van der Waals surface area contributed by atoms with Crippen molar-refractivity contribution in [2.24, 2.45) is 0 Å². The van der Waals surface area contributed by atoms with Crippen molar-refractivity contribution in [2.75, 3.05) is 13.7 Å². The SMILES string of the molecule is COc1ccc(-c2c(C(=O)O)nnn2CCCO)cc1. The van der Waals surface area contributed by atoms with Gasteiger partial charge in [0.2, 0.25) is 0 Å². The zero-order valence-corrected chi connectivity index (χ0v) is 11.0. The molecule has 2 rings (SSSR count). The lowest BCUT2D eigenvalue weighted by molar-refractivity contribution is 0.0691. The molecular formula is C13H15N3O4. The molecule has 1 heterocycles. The maximum Gasteiger partial charge on any atom is 0.358 e. The topological polar surface area (TPSA) is 97.5 Å². The normalized spacial score (nSPS) is 10.5. The van der Waals surface area contributed by atoms with Gasteiger partial charge in [0.15, 0.2) is 5.69 Å². The highest BCUT2D eigenvalue weighted by molar-refractivity contribution is 5.92. The molecule has 0 saturated carbocycles. The minimum atomic E-state index is -1.13. The van der Waals surface area contributed by atoms with Crippen LogP contribution in [0.4, 0.5) is 0 Å². The summed E-state index contributed by atoms with van der Waals surface area (Å²) in [6.07, 6.45) is 0.478. The van der Waals surface area contributed by atoms with Crippen LogP contribution in [0.2, 0.25) is 0 Å². The zero-order chi connectivity index (χ0) is 14.5. The summed E-state index contributed by atoms with van der Waals surface area (Å²) in [4.78, 5) is 11.2. The van der Waals surface area contributed by atoms with Gasteiger partial charge in [-0.05, 0) is 30.7 Å². The molecular weight excluding hydrogens is 262 g/mol. The fourth-order valence-corrected chi connectivity index (χ4v) is 1.87. The summed E-state index contributed by atoms with van der Waals surface area (Å²) in [5, 5.41) is 25.6. The number of hydrogen-bond acceptors (Lipinski definition) is 5. The second-order valence-corrected chi connectivity index (χ2v) is 4.12. The fraction of sp³-hybridized carbons (Fsp3) is 0.308. The Balaban J connectivity index is 2.44. The van der Waals surface area contributed by atoms with Gasteiger partial charge >= 0.3 is 5.97 Å². The number of aliphatic hydroxyl groups excluding tert-OH is 1. The number of ether oxygens (including phenoxy) is 1. The van der Waals surface area contributed by atoms with Gasteiger partial charge in [0, 0.05) is 18.7 Å². The van der Waals surface area contributed by atoms with Gasteiger partial charge in [-0.3, -0.25) is 0 Å². The molecule has 0 spiro atoms. The quantitative estimate of drug-likeness (QED) is 0.818. The highest BCUT2D eigenvalue weighted by atomic mass is 16.5. The Morgan fingerprint density at radius 2 is 2.05 bits per heavy atom. The molecule has 0 bridgehead atoms. The average Bonchev–Trinajstić information content (AvgIpc) is 2.89. The highest BCUT2D eigenvalue weighted by Crippen LogP contribution is 2.25. The van der Waals surface area contributed by atoms with Gasteiger partial charge < -0.3 is 14.9 Å². The summed E-state index contributed by atoms with van der Waals surface area (Å²) < 4.78 is 6.56. The van der Waals surface area contributed by atoms with Crippen molar-refractivity contribution >= 4 is 5.97 Å². The Morgan fingerprint density at radius 3 is 2.60 bits per heavy atom. The van der Waals surface area contributed by atoms with Crippen molar-refractivity contribution < 1.29 is 19.7 Å². The highest BCUT2D eigenvalue weighted by Gasteiger charge is 2.20. The number of benzene rings is 1. The summed E-state index contributed by atoms with van der Waals surface area (Å²) in [7, 11) is 1.56. The molecule has 0 unspecified atom stereocenters. The standard InChI is InChI=1S/C13H15N3O4/c1-20-10-5-3-9(4-6-10)12-11(13(18)19)14-15-16(12)7-2-8-17/h3-6,17H,2,7-8H2,1H3,(H,18,19). The van der Waals surface area contributed by atoms with Crippen molar-refractivity contribution in [2.45, 2.75) is 13.0 Å². The smallest absolute Gasteiger partial charge is 0.358 e. The number of hydrogen-bond donors (Lipinski definition) is 2. The van der Waals surface area contributed by atoms with E-state index in [2.05, 4.69) is 10.3 Å². The Morgan fingerprint density at radius 1 is 1.35 bits per heavy atom. The molecule has 2 N–H and O–H groups in total. The number of carbonyl (C=O) groups is 1. The minimum absolute atomic E-state index is 0.00428. The number of carboxylic acid groups (broad SMARTS) is 1. The molecule has 2 aromatic rings. The molecule has 7 heteroatoms. The number of aryl methyl sites for hydroxylation is 1. The molecule has 0 fully saturated rings. The van der Waals surface area contributed by atoms with Crippen LogP contribution in [0.1, 0.15) is 16.9 Å². The first-order valence-corrected chi connectivity index (χ1v) is 6.09. The van der Waals surface area contributed by atoms with E-state index in [-0.39, 0.29) is 12.3 Å². The molecule has 106 valence electrons. The number of rotatable bonds is 6. The van der Waals surface area contributed by atoms with Crippen molar-refractivity contribution in [3.05, 3.63) is 30.0 Å². The number of aliphatic hydroxyl groups is 1. The molecule has 0 aliphatic rings. The lowest BCUT2D eigenvalue weighted by atomic mass is 10.1. The molecule has 1 aromatic carbocycles. The van der Waals surface area contributed by atoms with Crippen LogP contribution >= 0.6 is 0 Å². The molecule has 0 amide bonds. The molecule has 7 nitrogen and oxygen atoms in total. The second kappa shape index (κ2) is 6.16. The van der Waals surface area contributed by atoms with E-state index in [1.807, 2.05) is 0 Å². The molecule has 0 aliphatic heterocycles. The van der Waals surface area contributed by atoms with Gasteiger partial charge in [-0.2, -0.15) is 0 Å². The van der Waals surface area contributed by atoms with Crippen LogP contribution in [0, 0.1) is 0 Å². The van der Waals surface area contributed by atoms with Gasteiger partial charge in [-0.1, -0.05) is 5.21 Å². The molecule has 1 aromatic heterocycles. The summed E-state index contributed by atoms with van der Waals surface area (Å²) >= 11 is 0. The third-order valence-electron chi connectivity index (χ3n) is 2.83. The minimum Gasteiger partial charge on any atom is -0.497 e. The van der Waals surface area contributed by atoms with E-state index in [0.717, 1.165) is 0 Å². The summed E-state index contributed by atoms with van der Waals surface area (Å²) in [6.45, 7) is 0.405. The molecule has 20 heavy (non-hydrogen) atoms. The van der Waals surface area contributed by atoms with E-state index in [0.29, 0.717) is 30.0 Å². The molecule has 0 saturated heterocycles. The van der Waals surface area contributed by atoms with Crippen molar-refractivity contribution in [3.8, 4) is 17.0 Å². The average molecular weight is 277 g/mol. The Bertz CT molecular complexity index is 592. The van der Waals surface area contributed by atoms with Crippen LogP contribution in [0.5, 0.6) is 5.75 Å². The first-order chi connectivity index (χ1) is 9.67. The van der Waals surface area contributed by atoms with E-state index in [1.54, 1.807) is 31.4 Å². The summed E-state index contributed by atoms with van der Waals surface area (Å²) in [5.74, 6) is -0.453. The Labute approximate surface area is 115 Å². The molecule has 0 aliphatic carbocycles. The Hall–Kier alpha value is -2.41. The maximum absolute atomic E-state index is 11.2. The predicted octanol–water partition coefficient (Wildman–Crippen LogP) is 1.03. The van der Waals surface area contributed by atoms with Gasteiger partial charge in [-0.25, -0.2) is 9.48 Å². The van der Waals surface area contributed by atoms with Gasteiger partial charge in [0.05, 0.1) is 7.11 Å². The maximum atomic E-state index is 11.2. The summed E-state index contributed by atoms with van der Waals surface area (Å²) in [6, 6.07) is 6.98. The van der Waals surface area contributed by atoms with E-state index < -0.39 is 5.97 Å². The first kappa shape index (κ1) is 14.0. The van der Waals surface area contributed by atoms with E-state index in [1.165, 1.54) is 4.68 Å². The largest absolute Gasteiger partial charge is 0.497 e. The van der Waals surface area contributed by atoms with Crippen LogP contribution in [-0.2, 0) is 6.54 Å². The number of nitrogens with zero attached hydrogens (tertiary/aromatic N) is 3. The van der Waals surface area contributed by atoms with E-state index in [9.17, 15) is 9.90 Å². The lowest BCUT2D eigenvalue weighted by Gasteiger charge is -2.07. The van der Waals surface area contributed by atoms with E-state index >= 15 is 0 Å². The summed E-state index contributed by atoms with van der Waals surface area (Å²) in [5.41, 5.74) is 1.01. The molecule has 0 atom stereocenters. The monoisotopic (exact) mass is 277 g/mol. The Kier molecular flexibility index (Phi) is 4.31. The van der Waals surface area contributed by atoms with Crippen LogP contribution in [0.15, 0.2) is 24.3 Å². The third kappa shape index (κ3) is 2.77.